The summed E-state index contributed by atoms with van der Waals surface area (Å²) in [7, 11) is 0. The van der Waals surface area contributed by atoms with Gasteiger partial charge in [0.15, 0.2) is 0 Å². The average molecular weight is 281 g/mol. The third kappa shape index (κ3) is 3.64. The van der Waals surface area contributed by atoms with Gasteiger partial charge in [-0.3, -0.25) is 0 Å². The third-order valence-electron chi connectivity index (χ3n) is 4.18. The lowest BCUT2D eigenvalue weighted by Crippen LogP contribution is -2.13. The first-order valence-electron chi connectivity index (χ1n) is 7.88. The second-order valence-corrected chi connectivity index (χ2v) is 5.80. The van der Waals surface area contributed by atoms with E-state index in [1.807, 2.05) is 0 Å². The van der Waals surface area contributed by atoms with Crippen LogP contribution < -0.4 is 10.5 Å². The first-order chi connectivity index (χ1) is 10.3. The minimum absolute atomic E-state index is 0.126. The number of nitrogens with two attached hydrogens (primary N) is 1. The zero-order valence-electron chi connectivity index (χ0n) is 12.4. The van der Waals surface area contributed by atoms with Crippen molar-refractivity contribution < 1.29 is 4.74 Å². The molecule has 0 spiro atoms. The lowest BCUT2D eigenvalue weighted by Gasteiger charge is -2.20. The molecule has 1 atom stereocenters. The van der Waals surface area contributed by atoms with Gasteiger partial charge in [-0.05, 0) is 54.9 Å². The Bertz CT molecular complexity index is 579. The van der Waals surface area contributed by atoms with Gasteiger partial charge in [-0.25, -0.2) is 0 Å². The Balaban J connectivity index is 1.56. The topological polar surface area (TPSA) is 35.2 Å². The fraction of sp³-hybridized carbons (Fsp3) is 0.368. The zero-order valence-corrected chi connectivity index (χ0v) is 12.4. The number of aryl methyl sites for hydroxylation is 2. The fourth-order valence-corrected chi connectivity index (χ4v) is 2.95. The second-order valence-electron chi connectivity index (χ2n) is 5.80. The molecule has 0 amide bonds. The predicted molar refractivity (Wildman–Crippen MR) is 86.6 cm³/mol. The van der Waals surface area contributed by atoms with E-state index in [0.717, 1.165) is 44.5 Å². The average Bonchev–Trinajstić information content (AvgIpc) is 2.55. The lowest BCUT2D eigenvalue weighted by molar-refractivity contribution is 0.288. The van der Waals surface area contributed by atoms with E-state index in [1.165, 1.54) is 16.7 Å². The molecule has 2 nitrogen and oxygen atoms in total. The molecule has 0 bridgehead atoms. The molecule has 2 heteroatoms. The van der Waals surface area contributed by atoms with E-state index in [-0.39, 0.29) is 6.04 Å². The Kier molecular flexibility index (Phi) is 4.56. The second kappa shape index (κ2) is 6.77. The van der Waals surface area contributed by atoms with Crippen molar-refractivity contribution in [2.24, 2.45) is 5.73 Å². The number of ether oxygens (including phenoxy) is 1. The molecule has 1 aliphatic rings. The Morgan fingerprint density at radius 3 is 2.81 bits per heavy atom. The molecule has 1 unspecified atom stereocenters. The quantitative estimate of drug-likeness (QED) is 0.898. The molecule has 3 rings (SSSR count). The molecular weight excluding hydrogens is 258 g/mol. The van der Waals surface area contributed by atoms with Crippen molar-refractivity contribution in [2.45, 2.75) is 38.1 Å². The van der Waals surface area contributed by atoms with Crippen LogP contribution in [0.4, 0.5) is 0 Å². The van der Waals surface area contributed by atoms with Crippen LogP contribution in [0.1, 0.15) is 42.0 Å². The van der Waals surface area contributed by atoms with Crippen LogP contribution in [0.3, 0.4) is 0 Å². The summed E-state index contributed by atoms with van der Waals surface area (Å²) in [5.74, 6) is 1.04. The minimum atomic E-state index is 0.126. The van der Waals surface area contributed by atoms with E-state index in [1.54, 1.807) is 0 Å². The summed E-state index contributed by atoms with van der Waals surface area (Å²) in [6.07, 6.45) is 5.47. The van der Waals surface area contributed by atoms with Gasteiger partial charge >= 0.3 is 0 Å². The van der Waals surface area contributed by atoms with E-state index in [9.17, 15) is 0 Å². The normalized spacial score (nSPS) is 15.1. The van der Waals surface area contributed by atoms with Gasteiger partial charge < -0.3 is 10.5 Å². The third-order valence-corrected chi connectivity index (χ3v) is 4.18. The van der Waals surface area contributed by atoms with Crippen molar-refractivity contribution in [2.75, 3.05) is 6.61 Å². The molecule has 0 fully saturated rings. The van der Waals surface area contributed by atoms with Gasteiger partial charge in [0.25, 0.3) is 0 Å². The van der Waals surface area contributed by atoms with Crippen LogP contribution in [0.15, 0.2) is 48.5 Å². The number of fused-ring (bicyclic) bond motifs is 1. The molecule has 1 heterocycles. The Morgan fingerprint density at radius 1 is 1.10 bits per heavy atom. The zero-order chi connectivity index (χ0) is 14.5. The van der Waals surface area contributed by atoms with E-state index < -0.39 is 0 Å². The monoisotopic (exact) mass is 281 g/mol. The van der Waals surface area contributed by atoms with Gasteiger partial charge in [-0.1, -0.05) is 42.5 Å². The summed E-state index contributed by atoms with van der Waals surface area (Å²) < 4.78 is 5.66. The predicted octanol–water partition coefficient (Wildman–Crippen LogP) is 4.03. The molecule has 110 valence electrons. The maximum Gasteiger partial charge on any atom is 0.122 e. The van der Waals surface area contributed by atoms with Crippen LogP contribution in [-0.2, 0) is 12.8 Å². The molecule has 0 saturated carbocycles. The van der Waals surface area contributed by atoms with Crippen molar-refractivity contribution in [3.05, 3.63) is 65.2 Å². The fourth-order valence-electron chi connectivity index (χ4n) is 2.95. The molecule has 0 aromatic heterocycles. The smallest absolute Gasteiger partial charge is 0.122 e. The lowest BCUT2D eigenvalue weighted by atomic mass is 9.96. The van der Waals surface area contributed by atoms with Crippen molar-refractivity contribution in [1.82, 2.24) is 0 Å². The van der Waals surface area contributed by atoms with Gasteiger partial charge in [0, 0.05) is 6.04 Å². The molecule has 2 N–H and O–H groups in total. The van der Waals surface area contributed by atoms with E-state index >= 15 is 0 Å². The largest absolute Gasteiger partial charge is 0.493 e. The molecule has 0 saturated heterocycles. The molecule has 1 aliphatic heterocycles. The van der Waals surface area contributed by atoms with Crippen LogP contribution in [0.5, 0.6) is 5.75 Å². The summed E-state index contributed by atoms with van der Waals surface area (Å²) in [4.78, 5) is 0. The number of hydrogen-bond acceptors (Lipinski definition) is 2. The highest BCUT2D eigenvalue weighted by atomic mass is 16.5. The van der Waals surface area contributed by atoms with E-state index in [2.05, 4.69) is 48.5 Å². The summed E-state index contributed by atoms with van der Waals surface area (Å²) in [6, 6.07) is 17.2. The summed E-state index contributed by atoms with van der Waals surface area (Å²) in [5, 5.41) is 0. The molecule has 2 aromatic rings. The van der Waals surface area contributed by atoms with Crippen molar-refractivity contribution in [1.29, 1.82) is 0 Å². The van der Waals surface area contributed by atoms with Crippen molar-refractivity contribution >= 4 is 0 Å². The molecule has 0 radical (unpaired) electrons. The van der Waals surface area contributed by atoms with Crippen LogP contribution in [0, 0.1) is 0 Å². The van der Waals surface area contributed by atoms with Crippen LogP contribution in [-0.4, -0.2) is 6.61 Å². The summed E-state index contributed by atoms with van der Waals surface area (Å²) in [6.45, 7) is 0.843. The maximum absolute atomic E-state index is 6.35. The molecule has 21 heavy (non-hydrogen) atoms. The standard InChI is InChI=1S/C19H23NO/c20-18(10-4-8-15-6-2-1-3-7-15)16-11-12-19-17(14-16)9-5-13-21-19/h1-3,6-7,11-12,14,18H,4-5,8-10,13,20H2. The van der Waals surface area contributed by atoms with Gasteiger partial charge in [0.1, 0.15) is 5.75 Å². The number of benzene rings is 2. The van der Waals surface area contributed by atoms with Crippen LogP contribution in [0.2, 0.25) is 0 Å². The van der Waals surface area contributed by atoms with Crippen LogP contribution >= 0.6 is 0 Å². The minimum Gasteiger partial charge on any atom is -0.493 e. The highest BCUT2D eigenvalue weighted by Gasteiger charge is 2.13. The Morgan fingerprint density at radius 2 is 1.95 bits per heavy atom. The summed E-state index contributed by atoms with van der Waals surface area (Å²) >= 11 is 0. The summed E-state index contributed by atoms with van der Waals surface area (Å²) in [5.41, 5.74) is 10.3. The molecule has 2 aromatic carbocycles. The van der Waals surface area contributed by atoms with E-state index in [4.69, 9.17) is 10.5 Å². The Labute approximate surface area is 126 Å². The van der Waals surface area contributed by atoms with Gasteiger partial charge in [-0.15, -0.1) is 0 Å². The highest BCUT2D eigenvalue weighted by Crippen LogP contribution is 2.28. The highest BCUT2D eigenvalue weighted by molar-refractivity contribution is 5.39. The van der Waals surface area contributed by atoms with Crippen molar-refractivity contribution in [3.8, 4) is 5.75 Å². The first kappa shape index (κ1) is 14.2. The number of hydrogen-bond donors (Lipinski definition) is 1. The SMILES string of the molecule is NC(CCCc1ccccc1)c1ccc2c(c1)CCCO2. The van der Waals surface area contributed by atoms with Gasteiger partial charge in [0.2, 0.25) is 0 Å². The Hall–Kier alpha value is -1.80. The molecule has 0 aliphatic carbocycles. The van der Waals surface area contributed by atoms with Crippen LogP contribution in [0.25, 0.3) is 0 Å². The van der Waals surface area contributed by atoms with E-state index in [0.29, 0.717) is 0 Å². The maximum atomic E-state index is 6.35. The van der Waals surface area contributed by atoms with Gasteiger partial charge in [0.05, 0.1) is 6.61 Å². The van der Waals surface area contributed by atoms with Crippen molar-refractivity contribution in [3.63, 3.8) is 0 Å². The first-order valence-corrected chi connectivity index (χ1v) is 7.88. The van der Waals surface area contributed by atoms with Gasteiger partial charge in [-0.2, -0.15) is 0 Å². The number of rotatable bonds is 5. The molecular formula is C19H23NO.